The van der Waals surface area contributed by atoms with Gasteiger partial charge in [-0.3, -0.25) is 14.5 Å². The van der Waals surface area contributed by atoms with Crippen molar-refractivity contribution in [1.29, 1.82) is 0 Å². The number of carboxylic acids is 1. The molecule has 0 aliphatic rings. The first kappa shape index (κ1) is 11.8. The number of hydrogen-bond donors (Lipinski definition) is 2. The summed E-state index contributed by atoms with van der Waals surface area (Å²) in [5, 5.41) is 15.3. The number of carboxylic acid groups (broad SMARTS) is 1. The third-order valence-electron chi connectivity index (χ3n) is 2.34. The normalized spacial score (nSPS) is 10.1. The van der Waals surface area contributed by atoms with E-state index in [1.54, 1.807) is 7.05 Å². The second-order valence-electron chi connectivity index (χ2n) is 3.53. The van der Waals surface area contributed by atoms with E-state index in [0.29, 0.717) is 5.56 Å². The molecular formula is C11H10N4O3. The smallest absolute Gasteiger partial charge is 0.341 e. The zero-order chi connectivity index (χ0) is 13.1. The van der Waals surface area contributed by atoms with E-state index < -0.39 is 11.9 Å². The molecule has 0 aliphatic carbocycles. The van der Waals surface area contributed by atoms with Crippen molar-refractivity contribution in [2.75, 3.05) is 5.32 Å². The Morgan fingerprint density at radius 3 is 2.61 bits per heavy atom. The summed E-state index contributed by atoms with van der Waals surface area (Å²) in [5.41, 5.74) is 0.336. The van der Waals surface area contributed by atoms with E-state index >= 15 is 0 Å². The molecule has 0 aliphatic heterocycles. The van der Waals surface area contributed by atoms with Gasteiger partial charge in [0.1, 0.15) is 11.4 Å². The molecule has 1 amide bonds. The molecule has 2 aromatic heterocycles. The second kappa shape index (κ2) is 4.66. The number of anilines is 1. The summed E-state index contributed by atoms with van der Waals surface area (Å²) in [6, 6.07) is 3.07. The van der Waals surface area contributed by atoms with Gasteiger partial charge in [0, 0.05) is 25.0 Å². The maximum absolute atomic E-state index is 11.9. The highest BCUT2D eigenvalue weighted by molar-refractivity contribution is 6.06. The molecule has 0 fully saturated rings. The Morgan fingerprint density at radius 1 is 1.33 bits per heavy atom. The highest BCUT2D eigenvalue weighted by Gasteiger charge is 2.17. The molecule has 0 saturated heterocycles. The fraction of sp³-hybridized carbons (Fsp3) is 0.0909. The maximum atomic E-state index is 11.9. The highest BCUT2D eigenvalue weighted by Crippen LogP contribution is 2.15. The van der Waals surface area contributed by atoms with Crippen LogP contribution in [0.1, 0.15) is 20.7 Å². The number of pyridine rings is 1. The number of amides is 1. The van der Waals surface area contributed by atoms with Gasteiger partial charge in [0.15, 0.2) is 0 Å². The fourth-order valence-electron chi connectivity index (χ4n) is 1.43. The van der Waals surface area contributed by atoms with Crippen LogP contribution in [-0.2, 0) is 7.05 Å². The molecule has 2 rings (SSSR count). The fourth-order valence-corrected chi connectivity index (χ4v) is 1.43. The molecule has 18 heavy (non-hydrogen) atoms. The molecule has 0 bridgehead atoms. The van der Waals surface area contributed by atoms with Crippen molar-refractivity contribution in [2.45, 2.75) is 0 Å². The van der Waals surface area contributed by atoms with E-state index in [0.717, 1.165) is 0 Å². The summed E-state index contributed by atoms with van der Waals surface area (Å²) < 4.78 is 1.29. The van der Waals surface area contributed by atoms with Gasteiger partial charge in [-0.1, -0.05) is 0 Å². The lowest BCUT2D eigenvalue weighted by Crippen LogP contribution is -2.16. The van der Waals surface area contributed by atoms with Crippen molar-refractivity contribution in [3.05, 3.63) is 41.9 Å². The standard InChI is InChI=1S/C11H10N4O3/c1-15-9(8(6-13-15)11(17)18)14-10(16)7-2-4-12-5-3-7/h2-6H,1H3,(H,14,16)(H,17,18). The van der Waals surface area contributed by atoms with Crippen LogP contribution in [0.5, 0.6) is 0 Å². The van der Waals surface area contributed by atoms with Gasteiger partial charge >= 0.3 is 5.97 Å². The van der Waals surface area contributed by atoms with Gasteiger partial charge in [0.05, 0.1) is 6.20 Å². The summed E-state index contributed by atoms with van der Waals surface area (Å²) in [5.74, 6) is -1.42. The molecule has 7 nitrogen and oxygen atoms in total. The van der Waals surface area contributed by atoms with Crippen molar-refractivity contribution in [3.8, 4) is 0 Å². The van der Waals surface area contributed by atoms with E-state index in [-0.39, 0.29) is 11.4 Å². The van der Waals surface area contributed by atoms with Crippen molar-refractivity contribution in [1.82, 2.24) is 14.8 Å². The van der Waals surface area contributed by atoms with Gasteiger partial charge in [-0.15, -0.1) is 0 Å². The van der Waals surface area contributed by atoms with E-state index in [2.05, 4.69) is 15.4 Å². The summed E-state index contributed by atoms with van der Waals surface area (Å²) in [7, 11) is 1.55. The van der Waals surface area contributed by atoms with Crippen LogP contribution >= 0.6 is 0 Å². The molecule has 0 radical (unpaired) electrons. The van der Waals surface area contributed by atoms with Crippen LogP contribution in [0.2, 0.25) is 0 Å². The van der Waals surface area contributed by atoms with Crippen LogP contribution in [0.25, 0.3) is 0 Å². The SMILES string of the molecule is Cn1ncc(C(=O)O)c1NC(=O)c1ccncc1. The van der Waals surface area contributed by atoms with E-state index in [1.807, 2.05) is 0 Å². The van der Waals surface area contributed by atoms with E-state index in [1.165, 1.54) is 35.4 Å². The van der Waals surface area contributed by atoms with Gasteiger partial charge in [-0.05, 0) is 12.1 Å². The Kier molecular flexibility index (Phi) is 3.05. The molecular weight excluding hydrogens is 236 g/mol. The first-order chi connectivity index (χ1) is 8.59. The monoisotopic (exact) mass is 246 g/mol. The molecule has 0 unspecified atom stereocenters. The first-order valence-corrected chi connectivity index (χ1v) is 5.06. The maximum Gasteiger partial charge on any atom is 0.341 e. The third-order valence-corrected chi connectivity index (χ3v) is 2.34. The molecule has 7 heteroatoms. The van der Waals surface area contributed by atoms with Crippen LogP contribution in [0, 0.1) is 0 Å². The minimum atomic E-state index is -1.15. The molecule has 2 N–H and O–H groups in total. The summed E-state index contributed by atoms with van der Waals surface area (Å²) in [6.07, 6.45) is 4.15. The summed E-state index contributed by atoms with van der Waals surface area (Å²) in [4.78, 5) is 26.6. The Morgan fingerprint density at radius 2 is 2.00 bits per heavy atom. The minimum Gasteiger partial charge on any atom is -0.477 e. The number of aryl methyl sites for hydroxylation is 1. The lowest BCUT2D eigenvalue weighted by Gasteiger charge is -2.06. The predicted molar refractivity (Wildman–Crippen MR) is 62.4 cm³/mol. The molecule has 0 spiro atoms. The zero-order valence-corrected chi connectivity index (χ0v) is 9.49. The zero-order valence-electron chi connectivity index (χ0n) is 9.49. The third kappa shape index (κ3) is 2.19. The largest absolute Gasteiger partial charge is 0.477 e. The number of hydrogen-bond acceptors (Lipinski definition) is 4. The number of nitrogens with one attached hydrogen (secondary N) is 1. The van der Waals surface area contributed by atoms with Crippen molar-refractivity contribution in [3.63, 3.8) is 0 Å². The number of rotatable bonds is 3. The van der Waals surface area contributed by atoms with Gasteiger partial charge in [0.25, 0.3) is 5.91 Å². The Bertz CT molecular complexity index is 592. The number of carbonyl (C=O) groups is 2. The van der Waals surface area contributed by atoms with Crippen molar-refractivity contribution in [2.24, 2.45) is 7.05 Å². The van der Waals surface area contributed by atoms with Gasteiger partial charge in [-0.2, -0.15) is 5.10 Å². The topological polar surface area (TPSA) is 97.1 Å². The molecule has 2 aromatic rings. The molecule has 0 aromatic carbocycles. The minimum absolute atomic E-state index is 0.0556. The molecule has 0 atom stereocenters. The summed E-state index contributed by atoms with van der Waals surface area (Å²) in [6.45, 7) is 0. The summed E-state index contributed by atoms with van der Waals surface area (Å²) >= 11 is 0. The van der Waals surface area contributed by atoms with Crippen molar-refractivity contribution < 1.29 is 14.7 Å². The Labute approximate surface area is 102 Å². The number of aromatic nitrogens is 3. The van der Waals surface area contributed by atoms with Gasteiger partial charge in [0.2, 0.25) is 0 Å². The number of nitrogens with zero attached hydrogens (tertiary/aromatic N) is 3. The number of aromatic carboxylic acids is 1. The van der Waals surface area contributed by atoms with Gasteiger partial charge in [-0.25, -0.2) is 4.79 Å². The van der Waals surface area contributed by atoms with Crippen LogP contribution in [0.4, 0.5) is 5.82 Å². The second-order valence-corrected chi connectivity index (χ2v) is 3.53. The highest BCUT2D eigenvalue weighted by atomic mass is 16.4. The molecule has 92 valence electrons. The van der Waals surface area contributed by atoms with E-state index in [4.69, 9.17) is 5.11 Å². The van der Waals surface area contributed by atoms with Crippen LogP contribution < -0.4 is 5.32 Å². The average Bonchev–Trinajstić information content (AvgIpc) is 2.72. The van der Waals surface area contributed by atoms with Crippen LogP contribution in [0.3, 0.4) is 0 Å². The quantitative estimate of drug-likeness (QED) is 0.833. The van der Waals surface area contributed by atoms with E-state index in [9.17, 15) is 9.59 Å². The van der Waals surface area contributed by atoms with Crippen LogP contribution in [0.15, 0.2) is 30.7 Å². The number of carbonyl (C=O) groups excluding carboxylic acids is 1. The molecule has 2 heterocycles. The van der Waals surface area contributed by atoms with Crippen LogP contribution in [-0.4, -0.2) is 31.7 Å². The van der Waals surface area contributed by atoms with Crippen molar-refractivity contribution >= 4 is 17.7 Å². The predicted octanol–water partition coefficient (Wildman–Crippen LogP) is 0.766. The van der Waals surface area contributed by atoms with Gasteiger partial charge < -0.3 is 10.4 Å². The first-order valence-electron chi connectivity index (χ1n) is 5.06. The Balaban J connectivity index is 2.27. The average molecular weight is 246 g/mol. The lowest BCUT2D eigenvalue weighted by molar-refractivity contribution is 0.0698. The molecule has 0 saturated carbocycles. The Hall–Kier alpha value is -2.70. The lowest BCUT2D eigenvalue weighted by atomic mass is 10.2.